The molecule has 16 heteroatoms. The summed E-state index contributed by atoms with van der Waals surface area (Å²) in [5.41, 5.74) is 10.6. The summed E-state index contributed by atoms with van der Waals surface area (Å²) in [6.45, 7) is 9.13. The van der Waals surface area contributed by atoms with Crippen LogP contribution in [0.1, 0.15) is 71.1 Å². The molecule has 61 heavy (non-hydrogen) atoms. The molecule has 0 spiro atoms. The Kier molecular flexibility index (Phi) is 18.2. The van der Waals surface area contributed by atoms with E-state index in [1.54, 1.807) is 42.7 Å². The fourth-order valence-corrected chi connectivity index (χ4v) is 6.16. The Morgan fingerprint density at radius 2 is 1.36 bits per heavy atom. The summed E-state index contributed by atoms with van der Waals surface area (Å²) in [6, 6.07) is 19.4. The topological polar surface area (TPSA) is 236 Å². The molecule has 3 aromatic carbocycles. The number of ether oxygens (including phenoxy) is 2. The van der Waals surface area contributed by atoms with Crippen LogP contribution in [0.4, 0.5) is 9.59 Å². The average molecular weight is 839 g/mol. The molecular weight excluding hydrogens is 781 g/mol. The van der Waals surface area contributed by atoms with Gasteiger partial charge in [0.05, 0.1) is 48.8 Å². The third-order valence-corrected chi connectivity index (χ3v) is 9.93. The lowest BCUT2D eigenvalue weighted by Crippen LogP contribution is -2.40. The molecule has 0 aliphatic carbocycles. The second-order valence-electron chi connectivity index (χ2n) is 14.5. The Labute approximate surface area is 355 Å². The molecule has 2 unspecified atom stereocenters. The van der Waals surface area contributed by atoms with E-state index in [1.165, 1.54) is 14.2 Å². The van der Waals surface area contributed by atoms with E-state index in [1.807, 2.05) is 64.0 Å². The van der Waals surface area contributed by atoms with Gasteiger partial charge in [0.1, 0.15) is 35.6 Å². The number of fused-ring (bicyclic) bond motifs is 2. The zero-order chi connectivity index (χ0) is 44.3. The first-order valence-electron chi connectivity index (χ1n) is 20.1. The summed E-state index contributed by atoms with van der Waals surface area (Å²) in [6.07, 6.45) is 7.43. The van der Waals surface area contributed by atoms with Gasteiger partial charge in [-0.15, -0.1) is 0 Å². The van der Waals surface area contributed by atoms with Crippen LogP contribution in [0.3, 0.4) is 0 Å². The molecule has 0 saturated heterocycles. The van der Waals surface area contributed by atoms with E-state index in [0.717, 1.165) is 59.8 Å². The van der Waals surface area contributed by atoms with E-state index < -0.39 is 12.1 Å². The highest BCUT2D eigenvalue weighted by Gasteiger charge is 2.22. The highest BCUT2D eigenvalue weighted by Crippen LogP contribution is 2.28. The van der Waals surface area contributed by atoms with Crippen molar-refractivity contribution in [2.24, 2.45) is 11.7 Å². The monoisotopic (exact) mass is 838 g/mol. The second kappa shape index (κ2) is 23.7. The van der Waals surface area contributed by atoms with Crippen molar-refractivity contribution in [2.45, 2.75) is 71.4 Å². The van der Waals surface area contributed by atoms with Crippen LogP contribution in [0.25, 0.3) is 44.5 Å². The molecule has 3 heterocycles. The Morgan fingerprint density at radius 1 is 0.770 bits per heavy atom. The average Bonchev–Trinajstić information content (AvgIpc) is 3.97. The number of nitrogens with zero attached hydrogens (tertiary/aromatic N) is 2. The van der Waals surface area contributed by atoms with Gasteiger partial charge in [0.25, 0.3) is 0 Å². The predicted octanol–water partition coefficient (Wildman–Crippen LogP) is 6.99. The molecule has 0 aliphatic rings. The number of amides is 3. The van der Waals surface area contributed by atoms with Crippen LogP contribution >= 0.6 is 0 Å². The van der Waals surface area contributed by atoms with Crippen LogP contribution in [0.2, 0.25) is 0 Å². The number of methoxy groups -OCH3 is 2. The number of benzene rings is 3. The molecule has 0 bridgehead atoms. The lowest BCUT2D eigenvalue weighted by atomic mass is 10.1. The number of aromatic amines is 2. The van der Waals surface area contributed by atoms with Crippen LogP contribution in [0.15, 0.2) is 88.3 Å². The SMILES string of the molecule is C=O.COC(=O)NC(C(=O)NCCCCc1ncc(-c2ccc3oc4cc(-c5cnc(CCCCN)[nH]5)ccc4c(=O)c3c2)[nH]1)c1ccccc1.COC(=O)NC(C)C(C)C.[HH]. The van der Waals surface area contributed by atoms with E-state index in [4.69, 9.17) is 14.9 Å². The quantitative estimate of drug-likeness (QED) is 0.0429. The van der Waals surface area contributed by atoms with Crippen molar-refractivity contribution in [3.8, 4) is 22.5 Å². The van der Waals surface area contributed by atoms with E-state index in [9.17, 15) is 19.2 Å². The molecule has 6 aromatic rings. The van der Waals surface area contributed by atoms with Crippen molar-refractivity contribution in [1.82, 2.24) is 35.9 Å². The lowest BCUT2D eigenvalue weighted by molar-refractivity contribution is -0.123. The van der Waals surface area contributed by atoms with Crippen molar-refractivity contribution >= 4 is 46.8 Å². The standard InChI is InChI=1S/C37H39N7O5.C7H15NO2.CH2O.H2/c1-48-37(47)44-34(23-9-3-2-4-10-23)36(46)39-18-8-6-12-33-40-21-28(42-33)24-14-16-30-27(19-24)35(45)26-15-13-25(20-31(26)49-30)29-22-41-32(43-29)11-5-7-17-38;1-5(2)6(3)8-7(9)10-4;1-2;/h2-4,9-10,13-16,19-22,34H,5-8,11-12,17-18,38H2,1H3,(H,39,46)(H,40,42)(H,41,43)(H,44,47);5-6H,1-4H3,(H,8,9);1H2;1H. The zero-order valence-electron chi connectivity index (χ0n) is 35.3. The van der Waals surface area contributed by atoms with Crippen molar-refractivity contribution < 1.29 is 34.5 Å². The lowest BCUT2D eigenvalue weighted by Gasteiger charge is -2.18. The number of unbranched alkanes of at least 4 members (excludes halogenated alkanes) is 2. The summed E-state index contributed by atoms with van der Waals surface area (Å²) in [7, 11) is 2.62. The van der Waals surface area contributed by atoms with Gasteiger partial charge in [-0.1, -0.05) is 50.2 Å². The number of imidazole rings is 2. The van der Waals surface area contributed by atoms with Crippen LogP contribution in [0.5, 0.6) is 0 Å². The summed E-state index contributed by atoms with van der Waals surface area (Å²) in [5.74, 6) is 1.84. The van der Waals surface area contributed by atoms with Crippen molar-refractivity contribution in [3.05, 3.63) is 107 Å². The molecule has 326 valence electrons. The van der Waals surface area contributed by atoms with E-state index in [-0.39, 0.29) is 24.9 Å². The molecule has 2 atom stereocenters. The Balaban J connectivity index is 0.000000695. The largest absolute Gasteiger partial charge is 0.456 e. The number of carbonyl (C=O) groups is 4. The third-order valence-electron chi connectivity index (χ3n) is 9.93. The first-order valence-corrected chi connectivity index (χ1v) is 20.1. The smallest absolute Gasteiger partial charge is 0.407 e. The molecule has 0 radical (unpaired) electrons. The molecule has 0 fully saturated rings. The Hall–Kier alpha value is -6.81. The molecule has 3 aromatic heterocycles. The molecule has 0 saturated carbocycles. The van der Waals surface area contributed by atoms with Gasteiger partial charge in [-0.05, 0) is 81.0 Å². The minimum absolute atomic E-state index is 0. The zero-order valence-corrected chi connectivity index (χ0v) is 35.3. The molecule has 7 N–H and O–H groups in total. The maximum Gasteiger partial charge on any atom is 0.407 e. The van der Waals surface area contributed by atoms with Gasteiger partial charge in [0, 0.05) is 38.0 Å². The Bertz CT molecular complexity index is 2400. The van der Waals surface area contributed by atoms with Crippen molar-refractivity contribution in [1.29, 1.82) is 0 Å². The number of nitrogens with one attached hydrogen (secondary N) is 5. The minimum Gasteiger partial charge on any atom is -0.456 e. The predicted molar refractivity (Wildman–Crippen MR) is 237 cm³/mol. The molecule has 0 aliphatic heterocycles. The fraction of sp³-hybridized carbons (Fsp3) is 0.356. The molecule has 3 amide bonds. The maximum atomic E-state index is 13.5. The molecular formula is C45H58N8O8. The number of carbonyl (C=O) groups excluding carboxylic acids is 4. The minimum atomic E-state index is -0.853. The molecule has 6 rings (SSSR count). The fourth-order valence-electron chi connectivity index (χ4n) is 6.16. The Morgan fingerprint density at radius 3 is 1.97 bits per heavy atom. The van der Waals surface area contributed by atoms with Gasteiger partial charge in [0.15, 0.2) is 0 Å². The van der Waals surface area contributed by atoms with E-state index in [2.05, 4.69) is 45.4 Å². The van der Waals surface area contributed by atoms with E-state index >= 15 is 0 Å². The second-order valence-corrected chi connectivity index (χ2v) is 14.5. The van der Waals surface area contributed by atoms with Crippen molar-refractivity contribution in [2.75, 3.05) is 27.3 Å². The first kappa shape index (κ1) is 46.9. The number of alkyl carbamates (subject to hydrolysis) is 2. The number of rotatable bonds is 16. The van der Waals surface area contributed by atoms with Gasteiger partial charge >= 0.3 is 12.2 Å². The highest BCUT2D eigenvalue weighted by atomic mass is 16.5. The first-order chi connectivity index (χ1) is 29.5. The van der Waals surface area contributed by atoms with Crippen LogP contribution < -0.4 is 27.1 Å². The number of hydrogen-bond donors (Lipinski definition) is 6. The number of aromatic nitrogens is 4. The van der Waals surface area contributed by atoms with Crippen LogP contribution in [0, 0.1) is 5.92 Å². The van der Waals surface area contributed by atoms with Gasteiger partial charge in [-0.2, -0.15) is 0 Å². The normalized spacial score (nSPS) is 11.7. The summed E-state index contributed by atoms with van der Waals surface area (Å²) in [5, 5.41) is 9.15. The van der Waals surface area contributed by atoms with Crippen LogP contribution in [-0.2, 0) is 31.9 Å². The van der Waals surface area contributed by atoms with Gasteiger partial charge in [-0.25, -0.2) is 19.6 Å². The highest BCUT2D eigenvalue weighted by molar-refractivity contribution is 5.93. The maximum absolute atomic E-state index is 13.5. The number of hydrogen-bond acceptors (Lipinski definition) is 11. The molecule has 16 nitrogen and oxygen atoms in total. The summed E-state index contributed by atoms with van der Waals surface area (Å²) >= 11 is 0. The van der Waals surface area contributed by atoms with Gasteiger partial charge in [-0.3, -0.25) is 9.59 Å². The van der Waals surface area contributed by atoms with Gasteiger partial charge in [0.2, 0.25) is 11.3 Å². The van der Waals surface area contributed by atoms with Crippen molar-refractivity contribution in [3.63, 3.8) is 0 Å². The van der Waals surface area contributed by atoms with Gasteiger partial charge < -0.3 is 50.3 Å². The number of aryl methyl sites for hydroxylation is 2. The van der Waals surface area contributed by atoms with E-state index in [0.29, 0.717) is 59.4 Å². The summed E-state index contributed by atoms with van der Waals surface area (Å²) in [4.78, 5) is 72.5. The summed E-state index contributed by atoms with van der Waals surface area (Å²) < 4.78 is 15.3. The third kappa shape index (κ3) is 13.3. The number of H-pyrrole nitrogens is 2. The number of nitrogens with two attached hydrogens (primary N) is 1. The van der Waals surface area contributed by atoms with Crippen LogP contribution in [-0.4, -0.2) is 78.2 Å².